The molecule has 140 valence electrons. The van der Waals surface area contributed by atoms with Gasteiger partial charge in [-0.25, -0.2) is 9.37 Å². The quantitative estimate of drug-likeness (QED) is 0.607. The van der Waals surface area contributed by atoms with E-state index in [1.54, 1.807) is 13.8 Å². The summed E-state index contributed by atoms with van der Waals surface area (Å²) in [4.78, 5) is 33.9. The van der Waals surface area contributed by atoms with Crippen molar-refractivity contribution in [2.24, 2.45) is 5.73 Å². The molecule has 1 amide bonds. The van der Waals surface area contributed by atoms with E-state index in [0.717, 1.165) is 11.3 Å². The normalized spacial score (nSPS) is 12.0. The molecule has 0 aliphatic heterocycles. The molecule has 0 saturated carbocycles. The molecule has 2 aromatic heterocycles. The second kappa shape index (κ2) is 7.11. The summed E-state index contributed by atoms with van der Waals surface area (Å²) in [6, 6.07) is 4.58. The van der Waals surface area contributed by atoms with Crippen molar-refractivity contribution < 1.29 is 18.5 Å². The molecule has 0 saturated heterocycles. The van der Waals surface area contributed by atoms with Crippen molar-refractivity contribution in [1.82, 2.24) is 15.1 Å². The molecule has 11 heteroatoms. The highest BCUT2D eigenvalue weighted by Crippen LogP contribution is 2.35. The summed E-state index contributed by atoms with van der Waals surface area (Å²) < 4.78 is 18.1. The number of halogens is 1. The van der Waals surface area contributed by atoms with E-state index in [1.807, 2.05) is 0 Å². The number of carbonyl (C=O) groups is 2. The lowest BCUT2D eigenvalue weighted by atomic mass is 10.2. The van der Waals surface area contributed by atoms with Crippen LogP contribution in [-0.2, 0) is 4.79 Å². The number of nitrogens with zero attached hydrogens (tertiary/aromatic N) is 4. The molecule has 4 N–H and O–H groups in total. The average Bonchev–Trinajstić information content (AvgIpc) is 3.22. The molecule has 0 bridgehead atoms. The molecule has 0 fully saturated rings. The molecular weight excluding hydrogens is 375 g/mol. The number of anilines is 3. The van der Waals surface area contributed by atoms with Crippen LogP contribution in [0, 0.1) is 12.7 Å². The molecule has 0 radical (unpaired) electrons. The van der Waals surface area contributed by atoms with Crippen LogP contribution < -0.4 is 16.4 Å². The topological polar surface area (TPSA) is 141 Å². The number of primary amides is 1. The van der Waals surface area contributed by atoms with Gasteiger partial charge in [-0.3, -0.25) is 9.59 Å². The molecule has 9 nitrogen and oxygen atoms in total. The molecule has 0 spiro atoms. The first-order valence-corrected chi connectivity index (χ1v) is 8.55. The van der Waals surface area contributed by atoms with E-state index in [-0.39, 0.29) is 21.7 Å². The minimum atomic E-state index is -0.824. The van der Waals surface area contributed by atoms with Crippen molar-refractivity contribution in [3.63, 3.8) is 0 Å². The average molecular weight is 390 g/mol. The maximum atomic E-state index is 13.3. The lowest BCUT2D eigenvalue weighted by Gasteiger charge is -2.26. The van der Waals surface area contributed by atoms with Gasteiger partial charge in [0, 0.05) is 5.69 Å². The van der Waals surface area contributed by atoms with Gasteiger partial charge in [0.15, 0.2) is 11.0 Å². The largest absolute Gasteiger partial charge is 0.382 e. The van der Waals surface area contributed by atoms with E-state index < -0.39 is 23.5 Å². The van der Waals surface area contributed by atoms with Gasteiger partial charge in [-0.05, 0) is 38.1 Å². The highest BCUT2D eigenvalue weighted by Gasteiger charge is 2.29. The van der Waals surface area contributed by atoms with Crippen LogP contribution in [0.25, 0.3) is 0 Å². The van der Waals surface area contributed by atoms with Gasteiger partial charge in [0.1, 0.15) is 22.6 Å². The smallest absolute Gasteiger partial charge is 0.300 e. The predicted molar refractivity (Wildman–Crippen MR) is 96.2 cm³/mol. The van der Waals surface area contributed by atoms with Crippen LogP contribution in [0.4, 0.5) is 21.0 Å². The van der Waals surface area contributed by atoms with Crippen LogP contribution in [0.3, 0.4) is 0 Å². The summed E-state index contributed by atoms with van der Waals surface area (Å²) in [6.07, 6.45) is 0. The summed E-state index contributed by atoms with van der Waals surface area (Å²) in [5.74, 6) is -1.62. The van der Waals surface area contributed by atoms with E-state index in [1.165, 1.54) is 29.2 Å². The Balaban J connectivity index is 2.04. The number of nitrogen functional groups attached to an aromatic ring is 1. The molecule has 0 aliphatic rings. The van der Waals surface area contributed by atoms with E-state index >= 15 is 0 Å². The molecule has 1 atom stereocenters. The Bertz CT molecular complexity index is 1000. The third-order valence-corrected chi connectivity index (χ3v) is 4.75. The van der Waals surface area contributed by atoms with E-state index in [4.69, 9.17) is 16.0 Å². The number of thiazole rings is 1. The van der Waals surface area contributed by atoms with Gasteiger partial charge in [-0.2, -0.15) is 4.98 Å². The zero-order valence-electron chi connectivity index (χ0n) is 14.3. The second-order valence-electron chi connectivity index (χ2n) is 5.61. The van der Waals surface area contributed by atoms with Gasteiger partial charge in [-0.1, -0.05) is 16.5 Å². The van der Waals surface area contributed by atoms with Gasteiger partial charge in [0.2, 0.25) is 5.91 Å². The molecule has 2 heterocycles. The minimum Gasteiger partial charge on any atom is -0.382 e. The van der Waals surface area contributed by atoms with Gasteiger partial charge in [0.05, 0.1) is 0 Å². The molecule has 1 aromatic carbocycles. The predicted octanol–water partition coefficient (Wildman–Crippen LogP) is 1.80. The third kappa shape index (κ3) is 3.62. The first kappa shape index (κ1) is 18.5. The van der Waals surface area contributed by atoms with E-state index in [9.17, 15) is 14.0 Å². The Kier molecular flexibility index (Phi) is 4.86. The number of benzene rings is 1. The van der Waals surface area contributed by atoms with E-state index in [0.29, 0.717) is 11.5 Å². The molecular formula is C16H15FN6O3S. The SMILES string of the molecule is Cc1noc(C(=O)c2sc(N(c3ccc(F)cc3)C(C)C(N)=O)nc2N)n1. The van der Waals surface area contributed by atoms with E-state index in [2.05, 4.69) is 15.1 Å². The number of nitrogens with two attached hydrogens (primary N) is 2. The Labute approximate surface area is 156 Å². The highest BCUT2D eigenvalue weighted by atomic mass is 32.1. The van der Waals surface area contributed by atoms with Gasteiger partial charge >= 0.3 is 0 Å². The first-order valence-electron chi connectivity index (χ1n) is 7.73. The summed E-state index contributed by atoms with van der Waals surface area (Å²) >= 11 is 0.936. The molecule has 0 aliphatic carbocycles. The standard InChI is InChI=1S/C16H15FN6O3S/c1-7(14(19)25)23(10-5-3-9(17)4-6-10)16-21-13(18)12(27-16)11(24)15-20-8(2)22-26-15/h3-7H,18H2,1-2H3,(H2,19,25). The number of aromatic nitrogens is 3. The number of rotatable bonds is 6. The van der Waals surface area contributed by atoms with Gasteiger partial charge < -0.3 is 20.9 Å². The zero-order chi connectivity index (χ0) is 19.7. The fourth-order valence-corrected chi connectivity index (χ4v) is 3.32. The van der Waals surface area contributed by atoms with Crippen LogP contribution in [0.2, 0.25) is 0 Å². The minimum absolute atomic E-state index is 0.0559. The maximum absolute atomic E-state index is 13.3. The summed E-state index contributed by atoms with van der Waals surface area (Å²) in [6.45, 7) is 3.14. The fraction of sp³-hybridized carbons (Fsp3) is 0.188. The van der Waals surface area contributed by atoms with Crippen LogP contribution in [-0.4, -0.2) is 32.9 Å². The van der Waals surface area contributed by atoms with Crippen LogP contribution in [0.5, 0.6) is 0 Å². The number of amides is 1. The summed E-state index contributed by atoms with van der Waals surface area (Å²) in [5.41, 5.74) is 11.8. The van der Waals surface area contributed by atoms with Crippen molar-refractivity contribution in [2.45, 2.75) is 19.9 Å². The summed E-state index contributed by atoms with van der Waals surface area (Å²) in [7, 11) is 0. The van der Waals surface area contributed by atoms with Gasteiger partial charge in [-0.15, -0.1) is 0 Å². The van der Waals surface area contributed by atoms with Crippen molar-refractivity contribution in [3.8, 4) is 0 Å². The summed E-state index contributed by atoms with van der Waals surface area (Å²) in [5, 5.41) is 3.81. The Morgan fingerprint density at radius 2 is 1.93 bits per heavy atom. The lowest BCUT2D eigenvalue weighted by Crippen LogP contribution is -2.39. The van der Waals surface area contributed by atoms with Gasteiger partial charge in [0.25, 0.3) is 11.7 Å². The second-order valence-corrected chi connectivity index (χ2v) is 6.59. The van der Waals surface area contributed by atoms with Crippen molar-refractivity contribution in [1.29, 1.82) is 0 Å². The Morgan fingerprint density at radius 1 is 1.26 bits per heavy atom. The van der Waals surface area contributed by atoms with Crippen LogP contribution in [0.15, 0.2) is 28.8 Å². The molecule has 1 unspecified atom stereocenters. The van der Waals surface area contributed by atoms with Crippen molar-refractivity contribution >= 4 is 39.7 Å². The number of aryl methyl sites for hydroxylation is 1. The number of hydrogen-bond donors (Lipinski definition) is 2. The van der Waals surface area contributed by atoms with Crippen molar-refractivity contribution in [2.75, 3.05) is 10.6 Å². The molecule has 3 aromatic rings. The number of ketones is 1. The zero-order valence-corrected chi connectivity index (χ0v) is 15.2. The highest BCUT2D eigenvalue weighted by molar-refractivity contribution is 7.18. The maximum Gasteiger partial charge on any atom is 0.300 e. The number of carbonyl (C=O) groups excluding carboxylic acids is 2. The van der Waals surface area contributed by atoms with Crippen LogP contribution in [0.1, 0.15) is 28.3 Å². The Morgan fingerprint density at radius 3 is 2.48 bits per heavy atom. The van der Waals surface area contributed by atoms with Crippen molar-refractivity contribution in [3.05, 3.63) is 46.7 Å². The number of hydrogen-bond acceptors (Lipinski definition) is 9. The monoisotopic (exact) mass is 390 g/mol. The third-order valence-electron chi connectivity index (χ3n) is 3.68. The molecule has 27 heavy (non-hydrogen) atoms. The lowest BCUT2D eigenvalue weighted by molar-refractivity contribution is -0.118. The van der Waals surface area contributed by atoms with Crippen LogP contribution >= 0.6 is 11.3 Å². The molecule has 3 rings (SSSR count). The Hall–Kier alpha value is -3.34. The first-order chi connectivity index (χ1) is 12.8. The fourth-order valence-electron chi connectivity index (χ4n) is 2.30.